The van der Waals surface area contributed by atoms with E-state index in [0.717, 1.165) is 6.07 Å². The van der Waals surface area contributed by atoms with Gasteiger partial charge in [0, 0.05) is 5.02 Å². The van der Waals surface area contributed by atoms with Gasteiger partial charge in [-0.25, -0.2) is 0 Å². The molecule has 0 atom stereocenters. The molecule has 0 saturated heterocycles. The van der Waals surface area contributed by atoms with E-state index in [0.29, 0.717) is 5.02 Å². The quantitative estimate of drug-likeness (QED) is 0.867. The number of hydrogen-bond acceptors (Lipinski definition) is 1. The van der Waals surface area contributed by atoms with Gasteiger partial charge in [0.1, 0.15) is 0 Å². The zero-order valence-corrected chi connectivity index (χ0v) is 9.22. The van der Waals surface area contributed by atoms with Crippen LogP contribution in [-0.4, -0.2) is 6.54 Å². The van der Waals surface area contributed by atoms with Crippen LogP contribution >= 0.6 is 24.0 Å². The van der Waals surface area contributed by atoms with Crippen molar-refractivity contribution in [3.63, 3.8) is 0 Å². The van der Waals surface area contributed by atoms with Crippen molar-refractivity contribution < 1.29 is 13.2 Å². The summed E-state index contributed by atoms with van der Waals surface area (Å²) in [6, 6.07) is 3.51. The van der Waals surface area contributed by atoms with Crippen LogP contribution in [0.1, 0.15) is 11.1 Å². The first kappa shape index (κ1) is 14.6. The molecule has 2 N–H and O–H groups in total. The van der Waals surface area contributed by atoms with Crippen LogP contribution in [0.2, 0.25) is 5.02 Å². The lowest BCUT2D eigenvalue weighted by Crippen LogP contribution is -2.12. The van der Waals surface area contributed by atoms with E-state index in [4.69, 9.17) is 17.3 Å². The maximum absolute atomic E-state index is 12.4. The molecule has 6 heteroatoms. The van der Waals surface area contributed by atoms with Crippen molar-refractivity contribution in [3.05, 3.63) is 34.3 Å². The van der Waals surface area contributed by atoms with Gasteiger partial charge in [-0.15, -0.1) is 12.4 Å². The Bertz CT molecular complexity index is 326. The van der Waals surface area contributed by atoms with E-state index in [1.807, 2.05) is 0 Å². The standard InChI is InChI=1S/C9H9ClF3N.ClH/c10-7-1-2-8(9(11,12)13)6(5-7)3-4-14;/h1-2,5H,3-4,14H2;1H. The van der Waals surface area contributed by atoms with Crippen LogP contribution in [0.5, 0.6) is 0 Å². The molecule has 15 heavy (non-hydrogen) atoms. The molecular formula is C9H10Cl2F3N. The summed E-state index contributed by atoms with van der Waals surface area (Å²) in [6.07, 6.45) is -4.16. The number of hydrogen-bond donors (Lipinski definition) is 1. The third kappa shape index (κ3) is 3.89. The molecule has 1 aromatic carbocycles. The molecule has 0 aliphatic rings. The van der Waals surface area contributed by atoms with Crippen molar-refractivity contribution >= 4 is 24.0 Å². The SMILES string of the molecule is Cl.NCCc1cc(Cl)ccc1C(F)(F)F. The summed E-state index contributed by atoms with van der Waals surface area (Å²) in [4.78, 5) is 0. The third-order valence-corrected chi connectivity index (χ3v) is 2.02. The average molecular weight is 260 g/mol. The molecule has 0 aliphatic heterocycles. The van der Waals surface area contributed by atoms with Gasteiger partial charge >= 0.3 is 6.18 Å². The highest BCUT2D eigenvalue weighted by Crippen LogP contribution is 2.33. The second-order valence-corrected chi connectivity index (χ2v) is 3.27. The van der Waals surface area contributed by atoms with Gasteiger partial charge in [-0.2, -0.15) is 13.2 Å². The lowest BCUT2D eigenvalue weighted by Gasteiger charge is -2.12. The second-order valence-electron chi connectivity index (χ2n) is 2.84. The summed E-state index contributed by atoms with van der Waals surface area (Å²) in [5.74, 6) is 0. The first-order valence-corrected chi connectivity index (χ1v) is 4.38. The average Bonchev–Trinajstić information content (AvgIpc) is 2.02. The van der Waals surface area contributed by atoms with Crippen molar-refractivity contribution in [1.82, 2.24) is 0 Å². The number of benzene rings is 1. The molecule has 0 aromatic heterocycles. The van der Waals surface area contributed by atoms with Gasteiger partial charge in [-0.3, -0.25) is 0 Å². The van der Waals surface area contributed by atoms with Gasteiger partial charge in [0.15, 0.2) is 0 Å². The molecular weight excluding hydrogens is 250 g/mol. The Morgan fingerprint density at radius 1 is 1.27 bits per heavy atom. The Labute approximate surface area is 96.8 Å². The van der Waals surface area contributed by atoms with Crippen LogP contribution in [0.15, 0.2) is 18.2 Å². The van der Waals surface area contributed by atoms with Crippen molar-refractivity contribution in [2.24, 2.45) is 5.73 Å². The van der Waals surface area contributed by atoms with E-state index in [1.54, 1.807) is 0 Å². The zero-order valence-electron chi connectivity index (χ0n) is 7.64. The molecule has 1 nitrogen and oxygen atoms in total. The van der Waals surface area contributed by atoms with Gasteiger partial charge in [-0.05, 0) is 36.7 Å². The van der Waals surface area contributed by atoms with Crippen molar-refractivity contribution in [2.75, 3.05) is 6.54 Å². The predicted octanol–water partition coefficient (Wildman–Crippen LogP) is 3.28. The summed E-state index contributed by atoms with van der Waals surface area (Å²) >= 11 is 5.59. The molecule has 0 spiro atoms. The molecule has 0 radical (unpaired) electrons. The maximum Gasteiger partial charge on any atom is 0.416 e. The topological polar surface area (TPSA) is 26.0 Å². The van der Waals surface area contributed by atoms with Crippen LogP contribution in [0.3, 0.4) is 0 Å². The summed E-state index contributed by atoms with van der Waals surface area (Å²) in [7, 11) is 0. The Kier molecular flexibility index (Phi) is 5.42. The summed E-state index contributed by atoms with van der Waals surface area (Å²) in [6.45, 7) is 0.170. The lowest BCUT2D eigenvalue weighted by molar-refractivity contribution is -0.138. The number of nitrogens with two attached hydrogens (primary N) is 1. The largest absolute Gasteiger partial charge is 0.416 e. The van der Waals surface area contributed by atoms with Gasteiger partial charge in [0.2, 0.25) is 0 Å². The molecule has 0 fully saturated rings. The highest BCUT2D eigenvalue weighted by Gasteiger charge is 2.32. The maximum atomic E-state index is 12.4. The fraction of sp³-hybridized carbons (Fsp3) is 0.333. The fourth-order valence-electron chi connectivity index (χ4n) is 1.20. The Balaban J connectivity index is 0.00000196. The minimum absolute atomic E-state index is 0. The van der Waals surface area contributed by atoms with Gasteiger partial charge in [-0.1, -0.05) is 11.6 Å². The normalized spacial score (nSPS) is 11.0. The predicted molar refractivity (Wildman–Crippen MR) is 56.5 cm³/mol. The molecule has 86 valence electrons. The van der Waals surface area contributed by atoms with E-state index >= 15 is 0 Å². The number of rotatable bonds is 2. The Hall–Kier alpha value is -0.450. The van der Waals surface area contributed by atoms with Crippen molar-refractivity contribution in [2.45, 2.75) is 12.6 Å². The Morgan fingerprint density at radius 2 is 1.87 bits per heavy atom. The second kappa shape index (κ2) is 5.58. The van der Waals surface area contributed by atoms with Crippen molar-refractivity contribution in [3.8, 4) is 0 Å². The highest BCUT2D eigenvalue weighted by atomic mass is 35.5. The summed E-state index contributed by atoms with van der Waals surface area (Å²) < 4.78 is 37.3. The minimum Gasteiger partial charge on any atom is -0.330 e. The highest BCUT2D eigenvalue weighted by molar-refractivity contribution is 6.30. The van der Waals surface area contributed by atoms with Crippen LogP contribution in [0.4, 0.5) is 13.2 Å². The smallest absolute Gasteiger partial charge is 0.330 e. The van der Waals surface area contributed by atoms with E-state index in [-0.39, 0.29) is 30.9 Å². The minimum atomic E-state index is -4.34. The first-order valence-electron chi connectivity index (χ1n) is 4.01. The van der Waals surface area contributed by atoms with E-state index < -0.39 is 11.7 Å². The number of alkyl halides is 3. The van der Waals surface area contributed by atoms with Crippen LogP contribution < -0.4 is 5.73 Å². The fourth-order valence-corrected chi connectivity index (χ4v) is 1.40. The van der Waals surface area contributed by atoms with E-state index in [9.17, 15) is 13.2 Å². The van der Waals surface area contributed by atoms with Crippen molar-refractivity contribution in [1.29, 1.82) is 0 Å². The molecule has 1 aromatic rings. The third-order valence-electron chi connectivity index (χ3n) is 1.79. The summed E-state index contributed by atoms with van der Waals surface area (Å²) in [5.41, 5.74) is 4.70. The van der Waals surface area contributed by atoms with Crippen LogP contribution in [0.25, 0.3) is 0 Å². The molecule has 1 rings (SSSR count). The van der Waals surface area contributed by atoms with Gasteiger partial charge in [0.25, 0.3) is 0 Å². The molecule has 0 amide bonds. The van der Waals surface area contributed by atoms with Gasteiger partial charge < -0.3 is 5.73 Å². The molecule has 0 heterocycles. The van der Waals surface area contributed by atoms with Crippen LogP contribution in [0, 0.1) is 0 Å². The van der Waals surface area contributed by atoms with E-state index in [1.165, 1.54) is 12.1 Å². The zero-order chi connectivity index (χ0) is 10.8. The molecule has 0 bridgehead atoms. The molecule has 0 saturated carbocycles. The molecule has 0 aliphatic carbocycles. The monoisotopic (exact) mass is 259 g/mol. The first-order chi connectivity index (χ1) is 6.45. The Morgan fingerprint density at radius 3 is 2.33 bits per heavy atom. The lowest BCUT2D eigenvalue weighted by atomic mass is 10.0. The molecule has 0 unspecified atom stereocenters. The van der Waals surface area contributed by atoms with E-state index in [2.05, 4.69) is 0 Å². The number of halogens is 5. The van der Waals surface area contributed by atoms with Gasteiger partial charge in [0.05, 0.1) is 5.56 Å². The summed E-state index contributed by atoms with van der Waals surface area (Å²) in [5, 5.41) is 0.293. The van der Waals surface area contributed by atoms with Crippen LogP contribution in [-0.2, 0) is 12.6 Å².